The lowest BCUT2D eigenvalue weighted by Gasteiger charge is -2.55. The molecular formula is C25H32N4O3S. The minimum Gasteiger partial charge on any atom is -0.465 e. The van der Waals surface area contributed by atoms with E-state index in [1.54, 1.807) is 13.8 Å². The summed E-state index contributed by atoms with van der Waals surface area (Å²) in [6.45, 7) is 4.26. The number of nitrogens with one attached hydrogen (secondary N) is 1. The second kappa shape index (κ2) is 9.12. The van der Waals surface area contributed by atoms with E-state index in [9.17, 15) is 9.59 Å². The van der Waals surface area contributed by atoms with Gasteiger partial charge in [0.15, 0.2) is 11.0 Å². The fraction of sp³-hybridized carbons (Fsp3) is 0.600. The van der Waals surface area contributed by atoms with Crippen LogP contribution >= 0.6 is 11.8 Å². The molecular weight excluding hydrogens is 436 g/mol. The van der Waals surface area contributed by atoms with E-state index in [0.29, 0.717) is 24.1 Å². The number of nitrogens with zero attached hydrogens (tertiary/aromatic N) is 3. The maximum atomic E-state index is 13.4. The lowest BCUT2D eigenvalue weighted by Crippen LogP contribution is -2.53. The number of thioether (sulfide) groups is 1. The van der Waals surface area contributed by atoms with Crippen LogP contribution in [0.3, 0.4) is 0 Å². The second-order valence-corrected chi connectivity index (χ2v) is 11.3. The summed E-state index contributed by atoms with van der Waals surface area (Å²) in [5, 5.41) is 12.2. The van der Waals surface area contributed by atoms with Crippen LogP contribution in [-0.2, 0) is 20.9 Å². The van der Waals surface area contributed by atoms with Crippen molar-refractivity contribution in [2.75, 3.05) is 6.61 Å². The molecule has 0 spiro atoms. The van der Waals surface area contributed by atoms with E-state index in [0.717, 1.165) is 42.7 Å². The molecule has 1 aromatic carbocycles. The summed E-state index contributed by atoms with van der Waals surface area (Å²) >= 11 is 1.32. The van der Waals surface area contributed by atoms with Crippen LogP contribution in [0.5, 0.6) is 0 Å². The summed E-state index contributed by atoms with van der Waals surface area (Å²) in [5.41, 5.74) is 0.711. The van der Waals surface area contributed by atoms with Gasteiger partial charge in [-0.15, -0.1) is 10.2 Å². The van der Waals surface area contributed by atoms with Gasteiger partial charge in [-0.05, 0) is 82.3 Å². The van der Waals surface area contributed by atoms with Gasteiger partial charge in [0.2, 0.25) is 5.91 Å². The van der Waals surface area contributed by atoms with Crippen LogP contribution in [0.1, 0.15) is 58.2 Å². The standard InChI is InChI=1S/C25H32N4O3S/c1-3-32-22(30)16(2)33-24-28-27-21(29(24)20-7-5-4-6-8-20)15-26-23(31)25-12-17-9-18(13-25)11-19(10-17)14-25/h4-8,16-19H,3,9-15H2,1-2H3,(H,26,31)/t16-,17?,18?,19?,25?/m0/s1. The number of rotatable bonds is 8. The average molecular weight is 469 g/mol. The number of hydrogen-bond acceptors (Lipinski definition) is 6. The molecule has 176 valence electrons. The van der Waals surface area contributed by atoms with E-state index in [-0.39, 0.29) is 17.3 Å². The van der Waals surface area contributed by atoms with Gasteiger partial charge in [-0.1, -0.05) is 30.0 Å². The van der Waals surface area contributed by atoms with Gasteiger partial charge in [-0.3, -0.25) is 14.2 Å². The van der Waals surface area contributed by atoms with Crippen LogP contribution in [-0.4, -0.2) is 38.5 Å². The molecule has 0 radical (unpaired) electrons. The summed E-state index contributed by atoms with van der Waals surface area (Å²) in [6.07, 6.45) is 7.05. The summed E-state index contributed by atoms with van der Waals surface area (Å²) in [4.78, 5) is 25.6. The molecule has 0 aliphatic heterocycles. The van der Waals surface area contributed by atoms with Crippen molar-refractivity contribution in [3.8, 4) is 5.69 Å². The predicted octanol–water partition coefficient (Wildman–Crippen LogP) is 4.14. The number of hydrogen-bond donors (Lipinski definition) is 1. The molecule has 1 aromatic heterocycles. The predicted molar refractivity (Wildman–Crippen MR) is 126 cm³/mol. The van der Waals surface area contributed by atoms with Crippen LogP contribution in [0.2, 0.25) is 0 Å². The molecule has 1 amide bonds. The van der Waals surface area contributed by atoms with Crippen molar-refractivity contribution in [3.05, 3.63) is 36.2 Å². The molecule has 4 fully saturated rings. The third-order valence-corrected chi connectivity index (χ3v) is 8.56. The fourth-order valence-corrected chi connectivity index (χ4v) is 7.41. The zero-order valence-electron chi connectivity index (χ0n) is 19.3. The number of para-hydroxylation sites is 1. The van der Waals surface area contributed by atoms with Gasteiger partial charge in [-0.25, -0.2) is 0 Å². The molecule has 4 aliphatic carbocycles. The number of carbonyl (C=O) groups excluding carboxylic acids is 2. The molecule has 0 unspecified atom stereocenters. The Bertz CT molecular complexity index is 987. The molecule has 2 aromatic rings. The zero-order valence-corrected chi connectivity index (χ0v) is 20.1. The Hall–Kier alpha value is -2.35. The molecule has 1 N–H and O–H groups in total. The Balaban J connectivity index is 1.34. The highest BCUT2D eigenvalue weighted by Gasteiger charge is 2.54. The van der Waals surface area contributed by atoms with Crippen molar-refractivity contribution in [2.24, 2.45) is 23.2 Å². The Kier molecular flexibility index (Phi) is 6.20. The van der Waals surface area contributed by atoms with Crippen molar-refractivity contribution in [3.63, 3.8) is 0 Å². The van der Waals surface area contributed by atoms with Crippen LogP contribution in [0.25, 0.3) is 5.69 Å². The van der Waals surface area contributed by atoms with Crippen LogP contribution < -0.4 is 5.32 Å². The number of esters is 1. The first-order chi connectivity index (χ1) is 16.0. The van der Waals surface area contributed by atoms with Gasteiger partial charge < -0.3 is 10.1 Å². The average Bonchev–Trinajstić information content (AvgIpc) is 3.19. The van der Waals surface area contributed by atoms with Crippen LogP contribution in [0.15, 0.2) is 35.5 Å². The third kappa shape index (κ3) is 4.42. The summed E-state index contributed by atoms with van der Waals surface area (Å²) in [5.74, 6) is 2.74. The zero-order chi connectivity index (χ0) is 23.0. The fourth-order valence-electron chi connectivity index (χ4n) is 6.53. The van der Waals surface area contributed by atoms with Crippen molar-refractivity contribution >= 4 is 23.6 Å². The van der Waals surface area contributed by atoms with Crippen molar-refractivity contribution in [2.45, 2.75) is 69.3 Å². The number of ether oxygens (including phenoxy) is 1. The normalized spacial score (nSPS) is 28.5. The highest BCUT2D eigenvalue weighted by molar-refractivity contribution is 8.00. The first kappa shape index (κ1) is 22.4. The Labute approximate surface area is 199 Å². The minimum atomic E-state index is -0.411. The molecule has 4 aliphatic rings. The molecule has 6 rings (SSSR count). The summed E-state index contributed by atoms with van der Waals surface area (Å²) in [7, 11) is 0. The lowest BCUT2D eigenvalue weighted by atomic mass is 9.49. The lowest BCUT2D eigenvalue weighted by molar-refractivity contribution is -0.146. The van der Waals surface area contributed by atoms with Gasteiger partial charge in [0, 0.05) is 11.1 Å². The summed E-state index contributed by atoms with van der Waals surface area (Å²) < 4.78 is 7.08. The van der Waals surface area contributed by atoms with Crippen LogP contribution in [0, 0.1) is 23.2 Å². The quantitative estimate of drug-likeness (QED) is 0.463. The second-order valence-electron chi connectivity index (χ2n) is 9.96. The number of amides is 1. The van der Waals surface area contributed by atoms with E-state index < -0.39 is 5.25 Å². The SMILES string of the molecule is CCOC(=O)[C@H](C)Sc1nnc(CNC(=O)C23CC4CC(CC(C4)C2)C3)n1-c1ccccc1. The number of benzene rings is 1. The first-order valence-electron chi connectivity index (χ1n) is 12.1. The number of carbonyl (C=O) groups is 2. The molecule has 1 atom stereocenters. The van der Waals surface area contributed by atoms with Crippen molar-refractivity contribution in [1.82, 2.24) is 20.1 Å². The Morgan fingerprint density at radius 2 is 1.76 bits per heavy atom. The van der Waals surface area contributed by atoms with Gasteiger partial charge in [0.05, 0.1) is 13.2 Å². The monoisotopic (exact) mass is 468 g/mol. The molecule has 7 nitrogen and oxygen atoms in total. The maximum Gasteiger partial charge on any atom is 0.319 e. The minimum absolute atomic E-state index is 0.179. The maximum absolute atomic E-state index is 13.4. The molecule has 4 bridgehead atoms. The topological polar surface area (TPSA) is 86.1 Å². The van der Waals surface area contributed by atoms with Crippen LogP contribution in [0.4, 0.5) is 0 Å². The summed E-state index contributed by atoms with van der Waals surface area (Å²) in [6, 6.07) is 9.82. The van der Waals surface area contributed by atoms with Crippen molar-refractivity contribution in [1.29, 1.82) is 0 Å². The van der Waals surface area contributed by atoms with Gasteiger partial charge in [0.25, 0.3) is 0 Å². The van der Waals surface area contributed by atoms with Crippen molar-refractivity contribution < 1.29 is 14.3 Å². The smallest absolute Gasteiger partial charge is 0.319 e. The largest absolute Gasteiger partial charge is 0.465 e. The van der Waals surface area contributed by atoms with Gasteiger partial charge >= 0.3 is 5.97 Å². The molecule has 33 heavy (non-hydrogen) atoms. The molecule has 8 heteroatoms. The molecule has 4 saturated carbocycles. The van der Waals surface area contributed by atoms with E-state index >= 15 is 0 Å². The van der Waals surface area contributed by atoms with Gasteiger partial charge in [-0.2, -0.15) is 0 Å². The highest BCUT2D eigenvalue weighted by atomic mass is 32.2. The molecule has 0 saturated heterocycles. The van der Waals surface area contributed by atoms with E-state index in [2.05, 4.69) is 15.5 Å². The highest BCUT2D eigenvalue weighted by Crippen LogP contribution is 2.60. The third-order valence-electron chi connectivity index (χ3n) is 7.54. The van der Waals surface area contributed by atoms with Gasteiger partial charge in [0.1, 0.15) is 5.25 Å². The first-order valence-corrected chi connectivity index (χ1v) is 13.0. The van der Waals surface area contributed by atoms with E-state index in [4.69, 9.17) is 4.74 Å². The Morgan fingerprint density at radius 1 is 1.12 bits per heavy atom. The number of aromatic nitrogens is 3. The Morgan fingerprint density at radius 3 is 2.36 bits per heavy atom. The van der Waals surface area contributed by atoms with E-state index in [1.165, 1.54) is 31.0 Å². The molecule has 1 heterocycles. The van der Waals surface area contributed by atoms with E-state index in [1.807, 2.05) is 34.9 Å².